The fourth-order valence-corrected chi connectivity index (χ4v) is 3.18. The Kier molecular flexibility index (Phi) is 4.76. The van der Waals surface area contributed by atoms with E-state index in [9.17, 15) is 4.79 Å². The van der Waals surface area contributed by atoms with Crippen molar-refractivity contribution in [3.8, 4) is 11.5 Å². The van der Waals surface area contributed by atoms with Crippen molar-refractivity contribution >= 4 is 5.91 Å². The first-order valence-electron chi connectivity index (χ1n) is 7.54. The van der Waals surface area contributed by atoms with E-state index >= 15 is 0 Å². The van der Waals surface area contributed by atoms with Gasteiger partial charge in [0.05, 0.1) is 19.8 Å². The number of aryl methyl sites for hydroxylation is 1. The molecule has 1 amide bonds. The van der Waals surface area contributed by atoms with Crippen molar-refractivity contribution < 1.29 is 14.3 Å². The predicted molar refractivity (Wildman–Crippen MR) is 83.2 cm³/mol. The number of hydrogen-bond donors (Lipinski definition) is 0. The molecule has 1 heterocycles. The monoisotopic (exact) mass is 291 g/mol. The number of rotatable bonds is 3. The molecule has 1 aromatic rings. The van der Waals surface area contributed by atoms with Gasteiger partial charge in [0.25, 0.3) is 5.91 Å². The fraction of sp³-hybridized carbons (Fsp3) is 0.588. The van der Waals surface area contributed by atoms with Crippen LogP contribution in [0.1, 0.15) is 49.0 Å². The lowest BCUT2D eigenvalue weighted by Gasteiger charge is -2.39. The summed E-state index contributed by atoms with van der Waals surface area (Å²) in [5, 5.41) is 0. The van der Waals surface area contributed by atoms with Gasteiger partial charge in [0.15, 0.2) is 0 Å². The van der Waals surface area contributed by atoms with Gasteiger partial charge in [0.1, 0.15) is 11.5 Å². The number of carbonyl (C=O) groups excluding carboxylic acids is 1. The van der Waals surface area contributed by atoms with Crippen molar-refractivity contribution in [3.63, 3.8) is 0 Å². The first-order chi connectivity index (χ1) is 9.99. The minimum Gasteiger partial charge on any atom is -0.496 e. The van der Waals surface area contributed by atoms with Crippen LogP contribution in [0.15, 0.2) is 12.1 Å². The predicted octanol–water partition coefficient (Wildman–Crippen LogP) is 3.42. The number of carbonyl (C=O) groups is 1. The molecule has 2 unspecified atom stereocenters. The van der Waals surface area contributed by atoms with E-state index in [0.717, 1.165) is 24.2 Å². The molecular formula is C17H25NO3. The maximum atomic E-state index is 13.0. The Morgan fingerprint density at radius 1 is 1.10 bits per heavy atom. The molecule has 0 N–H and O–H groups in total. The third-order valence-electron chi connectivity index (χ3n) is 4.38. The van der Waals surface area contributed by atoms with Gasteiger partial charge < -0.3 is 14.4 Å². The molecule has 4 nitrogen and oxygen atoms in total. The third kappa shape index (κ3) is 2.99. The van der Waals surface area contributed by atoms with Crippen LogP contribution in [0, 0.1) is 6.92 Å². The van der Waals surface area contributed by atoms with Crippen molar-refractivity contribution in [2.45, 2.75) is 52.1 Å². The molecule has 0 saturated carbocycles. The highest BCUT2D eigenvalue weighted by Crippen LogP contribution is 2.32. The minimum atomic E-state index is 0.0323. The smallest absolute Gasteiger partial charge is 0.258 e. The number of likely N-dealkylation sites (tertiary alicyclic amines) is 1. The molecule has 0 aliphatic carbocycles. The molecule has 1 fully saturated rings. The largest absolute Gasteiger partial charge is 0.496 e. The van der Waals surface area contributed by atoms with E-state index in [0.29, 0.717) is 11.3 Å². The topological polar surface area (TPSA) is 38.8 Å². The molecule has 1 aromatic carbocycles. The van der Waals surface area contributed by atoms with E-state index in [1.165, 1.54) is 6.42 Å². The van der Waals surface area contributed by atoms with Crippen LogP contribution < -0.4 is 9.47 Å². The number of nitrogens with zero attached hydrogens (tertiary/aromatic N) is 1. The summed E-state index contributed by atoms with van der Waals surface area (Å²) < 4.78 is 10.8. The first-order valence-corrected chi connectivity index (χ1v) is 7.54. The lowest BCUT2D eigenvalue weighted by atomic mass is 9.96. The molecule has 0 bridgehead atoms. The summed E-state index contributed by atoms with van der Waals surface area (Å²) in [6.07, 6.45) is 3.29. The summed E-state index contributed by atoms with van der Waals surface area (Å²) in [5.74, 6) is 1.37. The molecule has 0 aromatic heterocycles. The van der Waals surface area contributed by atoms with Gasteiger partial charge in [-0.15, -0.1) is 0 Å². The Bertz CT molecular complexity index is 517. The number of piperidine rings is 1. The van der Waals surface area contributed by atoms with Crippen LogP contribution >= 0.6 is 0 Å². The number of hydrogen-bond acceptors (Lipinski definition) is 3. The summed E-state index contributed by atoms with van der Waals surface area (Å²) in [7, 11) is 3.22. The zero-order valence-electron chi connectivity index (χ0n) is 13.6. The van der Waals surface area contributed by atoms with Gasteiger partial charge in [-0.1, -0.05) is 0 Å². The first kappa shape index (κ1) is 15.7. The van der Waals surface area contributed by atoms with Gasteiger partial charge in [-0.3, -0.25) is 4.79 Å². The van der Waals surface area contributed by atoms with Crippen LogP contribution in [-0.4, -0.2) is 37.1 Å². The lowest BCUT2D eigenvalue weighted by Crippen LogP contribution is -2.47. The van der Waals surface area contributed by atoms with Crippen molar-refractivity contribution in [1.29, 1.82) is 0 Å². The van der Waals surface area contributed by atoms with Crippen molar-refractivity contribution in [2.24, 2.45) is 0 Å². The van der Waals surface area contributed by atoms with Crippen LogP contribution in [0.5, 0.6) is 11.5 Å². The van der Waals surface area contributed by atoms with Gasteiger partial charge in [-0.2, -0.15) is 0 Å². The highest BCUT2D eigenvalue weighted by molar-refractivity contribution is 5.98. The van der Waals surface area contributed by atoms with Crippen LogP contribution in [-0.2, 0) is 0 Å². The second-order valence-corrected chi connectivity index (χ2v) is 5.86. The number of ether oxygens (including phenoxy) is 2. The SMILES string of the molecule is COc1cc(C(=O)N2C(C)CCCC2C)c(OC)cc1C. The molecule has 4 heteroatoms. The van der Waals surface area contributed by atoms with E-state index in [-0.39, 0.29) is 18.0 Å². The van der Waals surface area contributed by atoms with Crippen LogP contribution in [0.25, 0.3) is 0 Å². The lowest BCUT2D eigenvalue weighted by molar-refractivity contribution is 0.0507. The zero-order valence-corrected chi connectivity index (χ0v) is 13.6. The maximum Gasteiger partial charge on any atom is 0.258 e. The van der Waals surface area contributed by atoms with E-state index < -0.39 is 0 Å². The van der Waals surface area contributed by atoms with E-state index in [1.54, 1.807) is 20.3 Å². The number of methoxy groups -OCH3 is 2. The molecular weight excluding hydrogens is 266 g/mol. The molecule has 1 saturated heterocycles. The highest BCUT2D eigenvalue weighted by atomic mass is 16.5. The Labute approximate surface area is 127 Å². The van der Waals surface area contributed by atoms with Crippen molar-refractivity contribution in [2.75, 3.05) is 14.2 Å². The molecule has 1 aliphatic rings. The van der Waals surface area contributed by atoms with Gasteiger partial charge in [0.2, 0.25) is 0 Å². The average Bonchev–Trinajstić information content (AvgIpc) is 2.46. The van der Waals surface area contributed by atoms with Gasteiger partial charge >= 0.3 is 0 Å². The van der Waals surface area contributed by atoms with Gasteiger partial charge in [-0.25, -0.2) is 0 Å². The third-order valence-corrected chi connectivity index (χ3v) is 4.38. The molecule has 2 rings (SSSR count). The quantitative estimate of drug-likeness (QED) is 0.856. The maximum absolute atomic E-state index is 13.0. The Morgan fingerprint density at radius 3 is 2.19 bits per heavy atom. The van der Waals surface area contributed by atoms with E-state index in [1.807, 2.05) is 17.9 Å². The normalized spacial score (nSPS) is 22.0. The molecule has 21 heavy (non-hydrogen) atoms. The fourth-order valence-electron chi connectivity index (χ4n) is 3.18. The standard InChI is InChI=1S/C17H25NO3/c1-11-9-16(21-5)14(10-15(11)20-4)17(19)18-12(2)7-6-8-13(18)3/h9-10,12-13H,6-8H2,1-5H3. The number of benzene rings is 1. The molecule has 2 atom stereocenters. The molecule has 1 aliphatic heterocycles. The summed E-state index contributed by atoms with van der Waals surface area (Å²) in [4.78, 5) is 15.0. The number of amides is 1. The van der Waals surface area contributed by atoms with Crippen molar-refractivity contribution in [3.05, 3.63) is 23.3 Å². The van der Waals surface area contributed by atoms with Crippen LogP contribution in [0.4, 0.5) is 0 Å². The molecule has 0 spiro atoms. The van der Waals surface area contributed by atoms with E-state index in [4.69, 9.17) is 9.47 Å². The second-order valence-electron chi connectivity index (χ2n) is 5.86. The Morgan fingerprint density at radius 2 is 1.67 bits per heavy atom. The zero-order chi connectivity index (χ0) is 15.6. The summed E-state index contributed by atoms with van der Waals surface area (Å²) >= 11 is 0. The van der Waals surface area contributed by atoms with Gasteiger partial charge in [-0.05, 0) is 57.7 Å². The summed E-state index contributed by atoms with van der Waals surface area (Å²) in [6, 6.07) is 4.19. The molecule has 116 valence electrons. The Balaban J connectivity index is 2.41. The summed E-state index contributed by atoms with van der Waals surface area (Å²) in [5.41, 5.74) is 1.55. The van der Waals surface area contributed by atoms with E-state index in [2.05, 4.69) is 13.8 Å². The van der Waals surface area contributed by atoms with Crippen LogP contribution in [0.2, 0.25) is 0 Å². The second kappa shape index (κ2) is 6.37. The van der Waals surface area contributed by atoms with Crippen LogP contribution in [0.3, 0.4) is 0 Å². The van der Waals surface area contributed by atoms with Crippen molar-refractivity contribution in [1.82, 2.24) is 4.90 Å². The average molecular weight is 291 g/mol. The summed E-state index contributed by atoms with van der Waals surface area (Å²) in [6.45, 7) is 6.18. The highest BCUT2D eigenvalue weighted by Gasteiger charge is 2.31. The van der Waals surface area contributed by atoms with Gasteiger partial charge in [0, 0.05) is 12.1 Å². The minimum absolute atomic E-state index is 0.0323. The Hall–Kier alpha value is -1.71. The molecule has 0 radical (unpaired) electrons.